The summed E-state index contributed by atoms with van der Waals surface area (Å²) in [5, 5.41) is 0.565. The molecule has 0 bridgehead atoms. The normalized spacial score (nSPS) is 13.7. The van der Waals surface area contributed by atoms with Crippen molar-refractivity contribution in [2.45, 2.75) is 12.8 Å². The van der Waals surface area contributed by atoms with Gasteiger partial charge in [0.05, 0.1) is 17.9 Å². The van der Waals surface area contributed by atoms with E-state index in [1.807, 2.05) is 12.1 Å². The molecular formula is C16H12ClN3O2. The number of aromatic nitrogens is 3. The molecule has 0 amide bonds. The molecule has 0 N–H and O–H groups in total. The summed E-state index contributed by atoms with van der Waals surface area (Å²) in [7, 11) is 0. The highest BCUT2D eigenvalue weighted by molar-refractivity contribution is 6.30. The molecule has 0 fully saturated rings. The van der Waals surface area contributed by atoms with E-state index in [1.165, 1.54) is 0 Å². The van der Waals surface area contributed by atoms with Crippen LogP contribution in [0.4, 0.5) is 0 Å². The van der Waals surface area contributed by atoms with Crippen LogP contribution < -0.4 is 10.3 Å². The quantitative estimate of drug-likeness (QED) is 0.693. The van der Waals surface area contributed by atoms with Crippen molar-refractivity contribution < 1.29 is 4.74 Å². The second-order valence-corrected chi connectivity index (χ2v) is 5.55. The highest BCUT2D eigenvalue weighted by Crippen LogP contribution is 2.30. The maximum absolute atomic E-state index is 12.9. The van der Waals surface area contributed by atoms with Crippen LogP contribution in [0.25, 0.3) is 16.9 Å². The lowest BCUT2D eigenvalue weighted by molar-refractivity contribution is 0.290. The number of nitrogens with zero attached hydrogens (tertiary/aromatic N) is 3. The van der Waals surface area contributed by atoms with Gasteiger partial charge in [0.1, 0.15) is 5.52 Å². The van der Waals surface area contributed by atoms with Crippen molar-refractivity contribution >= 4 is 22.8 Å². The van der Waals surface area contributed by atoms with Gasteiger partial charge in [0.15, 0.2) is 11.4 Å². The van der Waals surface area contributed by atoms with Crippen molar-refractivity contribution in [2.24, 2.45) is 0 Å². The molecule has 0 saturated heterocycles. The van der Waals surface area contributed by atoms with Crippen LogP contribution >= 0.6 is 11.6 Å². The fourth-order valence-corrected chi connectivity index (χ4v) is 2.96. The molecule has 4 rings (SSSR count). The summed E-state index contributed by atoms with van der Waals surface area (Å²) in [6, 6.07) is 7.15. The van der Waals surface area contributed by atoms with E-state index in [0.717, 1.165) is 6.42 Å². The molecular weight excluding hydrogens is 302 g/mol. The van der Waals surface area contributed by atoms with Gasteiger partial charge in [-0.15, -0.1) is 0 Å². The number of benzene rings is 1. The lowest BCUT2D eigenvalue weighted by Gasteiger charge is -2.20. The molecule has 22 heavy (non-hydrogen) atoms. The van der Waals surface area contributed by atoms with Crippen LogP contribution in [0.15, 0.2) is 41.5 Å². The minimum absolute atomic E-state index is 0.120. The van der Waals surface area contributed by atoms with E-state index in [-0.39, 0.29) is 5.56 Å². The first-order valence-corrected chi connectivity index (χ1v) is 7.41. The lowest BCUT2D eigenvalue weighted by atomic mass is 10.1. The van der Waals surface area contributed by atoms with Gasteiger partial charge in [-0.25, -0.2) is 9.97 Å². The van der Waals surface area contributed by atoms with Crippen molar-refractivity contribution in [3.8, 4) is 11.4 Å². The van der Waals surface area contributed by atoms with E-state index in [0.29, 0.717) is 46.2 Å². The molecule has 0 aliphatic carbocycles. The summed E-state index contributed by atoms with van der Waals surface area (Å²) in [5.41, 5.74) is 2.30. The highest BCUT2D eigenvalue weighted by atomic mass is 35.5. The van der Waals surface area contributed by atoms with Gasteiger partial charge in [0, 0.05) is 17.4 Å². The van der Waals surface area contributed by atoms with E-state index in [2.05, 4.69) is 9.97 Å². The molecule has 0 saturated carbocycles. The van der Waals surface area contributed by atoms with Crippen LogP contribution in [0.2, 0.25) is 5.02 Å². The van der Waals surface area contributed by atoms with Crippen molar-refractivity contribution in [3.63, 3.8) is 0 Å². The Kier molecular flexibility index (Phi) is 3.08. The minimum atomic E-state index is -0.120. The highest BCUT2D eigenvalue weighted by Gasteiger charge is 2.23. The zero-order valence-corrected chi connectivity index (χ0v) is 12.4. The van der Waals surface area contributed by atoms with Gasteiger partial charge in [-0.1, -0.05) is 17.7 Å². The van der Waals surface area contributed by atoms with E-state index < -0.39 is 0 Å². The minimum Gasteiger partial charge on any atom is -0.491 e. The van der Waals surface area contributed by atoms with Gasteiger partial charge in [-0.3, -0.25) is 9.36 Å². The zero-order valence-electron chi connectivity index (χ0n) is 11.6. The van der Waals surface area contributed by atoms with Gasteiger partial charge in [0.25, 0.3) is 5.56 Å². The first kappa shape index (κ1) is 13.3. The van der Waals surface area contributed by atoms with E-state index in [1.54, 1.807) is 29.1 Å². The third-order valence-corrected chi connectivity index (χ3v) is 3.96. The van der Waals surface area contributed by atoms with Crippen molar-refractivity contribution in [1.29, 1.82) is 0 Å². The Morgan fingerprint density at radius 3 is 2.95 bits per heavy atom. The van der Waals surface area contributed by atoms with Crippen molar-refractivity contribution in [3.05, 3.63) is 57.6 Å². The molecule has 1 aliphatic rings. The van der Waals surface area contributed by atoms with Crippen molar-refractivity contribution in [2.75, 3.05) is 6.61 Å². The molecule has 0 atom stereocenters. The first-order valence-electron chi connectivity index (χ1n) is 7.03. The Hall–Kier alpha value is -2.40. The Morgan fingerprint density at radius 1 is 1.23 bits per heavy atom. The van der Waals surface area contributed by atoms with E-state index >= 15 is 0 Å². The zero-order chi connectivity index (χ0) is 15.1. The largest absolute Gasteiger partial charge is 0.491 e. The number of halogens is 1. The van der Waals surface area contributed by atoms with Crippen LogP contribution in [-0.2, 0) is 6.42 Å². The third-order valence-electron chi connectivity index (χ3n) is 3.73. The third kappa shape index (κ3) is 1.97. The lowest BCUT2D eigenvalue weighted by Crippen LogP contribution is -2.27. The average Bonchev–Trinajstić information content (AvgIpc) is 2.55. The second-order valence-electron chi connectivity index (χ2n) is 5.11. The maximum atomic E-state index is 12.9. The number of hydrogen-bond donors (Lipinski definition) is 0. The molecule has 1 aromatic carbocycles. The molecule has 110 valence electrons. The smallest absolute Gasteiger partial charge is 0.263 e. The molecule has 0 radical (unpaired) electrons. The summed E-state index contributed by atoms with van der Waals surface area (Å²) in [5.74, 6) is 0.567. The average molecular weight is 314 g/mol. The molecule has 0 unspecified atom stereocenters. The maximum Gasteiger partial charge on any atom is 0.263 e. The monoisotopic (exact) mass is 313 g/mol. The van der Waals surface area contributed by atoms with Crippen LogP contribution in [-0.4, -0.2) is 21.1 Å². The van der Waals surface area contributed by atoms with E-state index in [4.69, 9.17) is 16.3 Å². The Balaban J connectivity index is 2.15. The summed E-state index contributed by atoms with van der Waals surface area (Å²) in [4.78, 5) is 21.6. The molecule has 1 aliphatic heterocycles. The Morgan fingerprint density at radius 2 is 2.09 bits per heavy atom. The first-order chi connectivity index (χ1) is 10.8. The standard InChI is InChI=1S/C16H12ClN3O2/c17-10-3-1-4-11(9-10)20-15-13(18-6-7-19-15)14-12(16(20)21)5-2-8-22-14/h1,3-4,6-7,9H,2,5,8H2. The van der Waals surface area contributed by atoms with Crippen LogP contribution in [0.1, 0.15) is 12.0 Å². The van der Waals surface area contributed by atoms with E-state index in [9.17, 15) is 4.79 Å². The predicted molar refractivity (Wildman–Crippen MR) is 84.0 cm³/mol. The van der Waals surface area contributed by atoms with Crippen LogP contribution in [0, 0.1) is 0 Å². The summed E-state index contributed by atoms with van der Waals surface area (Å²) in [6.07, 6.45) is 4.68. The molecule has 0 spiro atoms. The molecule has 3 heterocycles. The Labute approximate surface area is 131 Å². The Bertz CT molecular complexity index is 936. The van der Waals surface area contributed by atoms with Gasteiger partial charge >= 0.3 is 0 Å². The van der Waals surface area contributed by atoms with Gasteiger partial charge in [0.2, 0.25) is 0 Å². The molecule has 3 aromatic rings. The fourth-order valence-electron chi connectivity index (χ4n) is 2.78. The second kappa shape index (κ2) is 5.10. The van der Waals surface area contributed by atoms with Crippen LogP contribution in [0.5, 0.6) is 5.75 Å². The number of fused-ring (bicyclic) bond motifs is 3. The van der Waals surface area contributed by atoms with Gasteiger partial charge in [-0.05, 0) is 31.0 Å². The van der Waals surface area contributed by atoms with Gasteiger partial charge in [-0.2, -0.15) is 0 Å². The molecule has 6 heteroatoms. The summed E-state index contributed by atoms with van der Waals surface area (Å²) >= 11 is 6.07. The predicted octanol–water partition coefficient (Wildman–Crippen LogP) is 2.76. The number of hydrogen-bond acceptors (Lipinski definition) is 4. The van der Waals surface area contributed by atoms with Gasteiger partial charge < -0.3 is 4.74 Å². The molecule has 2 aromatic heterocycles. The molecule has 5 nitrogen and oxygen atoms in total. The van der Waals surface area contributed by atoms with Crippen molar-refractivity contribution in [1.82, 2.24) is 14.5 Å². The number of pyridine rings is 1. The van der Waals surface area contributed by atoms with Crippen LogP contribution in [0.3, 0.4) is 0 Å². The topological polar surface area (TPSA) is 57.0 Å². The summed E-state index contributed by atoms with van der Waals surface area (Å²) < 4.78 is 7.25. The summed E-state index contributed by atoms with van der Waals surface area (Å²) in [6.45, 7) is 0.597. The number of ether oxygens (including phenoxy) is 1. The SMILES string of the molecule is O=c1c2c(c3nccnc3n1-c1cccc(Cl)c1)OCCC2. The fraction of sp³-hybridized carbons (Fsp3) is 0.188. The number of rotatable bonds is 1.